The van der Waals surface area contributed by atoms with Crippen LogP contribution in [-0.2, 0) is 0 Å². The Balaban J connectivity index is 1.43. The minimum Gasteiger partial charge on any atom is -0.334 e. The minimum absolute atomic E-state index is 0.264. The molecule has 0 bridgehead atoms. The molecule has 0 atom stereocenters. The number of carbonyl (C=O) groups excluding carboxylic acids is 1. The molecule has 0 spiro atoms. The third kappa shape index (κ3) is 4.13. The molecule has 3 heterocycles. The van der Waals surface area contributed by atoms with Crippen molar-refractivity contribution < 1.29 is 4.79 Å². The van der Waals surface area contributed by atoms with E-state index in [1.165, 1.54) is 17.5 Å². The molecule has 0 aromatic carbocycles. The molecule has 0 aliphatic heterocycles. The van der Waals surface area contributed by atoms with Gasteiger partial charge in [-0.25, -0.2) is 15.0 Å². The number of hydrogen-bond acceptors (Lipinski definition) is 8. The van der Waals surface area contributed by atoms with Crippen molar-refractivity contribution in [2.75, 3.05) is 5.32 Å². The van der Waals surface area contributed by atoms with E-state index in [0.717, 1.165) is 39.2 Å². The highest BCUT2D eigenvalue weighted by Gasteiger charge is 2.35. The lowest BCUT2D eigenvalue weighted by Crippen LogP contribution is -2.45. The van der Waals surface area contributed by atoms with E-state index < -0.39 is 5.54 Å². The van der Waals surface area contributed by atoms with E-state index in [1.807, 2.05) is 19.2 Å². The van der Waals surface area contributed by atoms with Crippen LogP contribution < -0.4 is 10.6 Å². The number of nitrogens with one attached hydrogen (secondary N) is 2. The largest absolute Gasteiger partial charge is 0.334 e. The van der Waals surface area contributed by atoms with Gasteiger partial charge in [-0.15, -0.1) is 22.7 Å². The lowest BCUT2D eigenvalue weighted by Gasteiger charge is -2.21. The molecule has 0 radical (unpaired) electrons. The first-order chi connectivity index (χ1) is 14.0. The zero-order valence-electron chi connectivity index (χ0n) is 16.2. The van der Waals surface area contributed by atoms with Crippen molar-refractivity contribution in [1.29, 1.82) is 5.26 Å². The van der Waals surface area contributed by atoms with Gasteiger partial charge in [0.1, 0.15) is 11.4 Å². The second kappa shape index (κ2) is 7.89. The van der Waals surface area contributed by atoms with Crippen LogP contribution in [0.15, 0.2) is 23.7 Å². The second-order valence-corrected chi connectivity index (χ2v) is 9.16. The first-order valence-corrected chi connectivity index (χ1v) is 11.0. The summed E-state index contributed by atoms with van der Waals surface area (Å²) in [6.07, 6.45) is 4.85. The average Bonchev–Trinajstić information content (AvgIpc) is 3.43. The number of pyridine rings is 1. The quantitative estimate of drug-likeness (QED) is 0.621. The van der Waals surface area contributed by atoms with E-state index in [-0.39, 0.29) is 5.91 Å². The van der Waals surface area contributed by atoms with Gasteiger partial charge < -0.3 is 10.6 Å². The summed E-state index contributed by atoms with van der Waals surface area (Å²) in [5.74, 6) is 0.343. The Morgan fingerprint density at radius 2 is 2.03 bits per heavy atom. The van der Waals surface area contributed by atoms with Gasteiger partial charge in [0.15, 0.2) is 5.13 Å². The van der Waals surface area contributed by atoms with E-state index >= 15 is 0 Å². The zero-order valence-corrected chi connectivity index (χ0v) is 17.8. The number of nitriles is 1. The van der Waals surface area contributed by atoms with Gasteiger partial charge in [0, 0.05) is 11.6 Å². The Hall–Kier alpha value is -2.83. The highest BCUT2D eigenvalue weighted by atomic mass is 32.1. The summed E-state index contributed by atoms with van der Waals surface area (Å²) in [4.78, 5) is 27.0. The summed E-state index contributed by atoms with van der Waals surface area (Å²) in [5, 5.41) is 19.2. The maximum atomic E-state index is 12.5. The van der Waals surface area contributed by atoms with Crippen LogP contribution in [0, 0.1) is 25.2 Å². The standard InChI is InChI=1S/C20H20N6OS2/c1-12-17(29-13(2)23-12)15-10-28-19(24-15)25-16-6-5-14(9-22-16)18(27)26-20(11-21)7-3-4-8-20/h5-6,9-10H,3-4,7-8H2,1-2H3,(H,26,27)(H,22,24,25). The van der Waals surface area contributed by atoms with E-state index in [4.69, 9.17) is 0 Å². The summed E-state index contributed by atoms with van der Waals surface area (Å²) in [6, 6.07) is 5.71. The molecule has 0 unspecified atom stereocenters. The van der Waals surface area contributed by atoms with Gasteiger partial charge in [-0.05, 0) is 51.7 Å². The van der Waals surface area contributed by atoms with Gasteiger partial charge in [-0.3, -0.25) is 4.79 Å². The molecule has 0 saturated heterocycles. The van der Waals surface area contributed by atoms with Gasteiger partial charge in [0.25, 0.3) is 5.91 Å². The van der Waals surface area contributed by atoms with Crippen molar-refractivity contribution in [2.45, 2.75) is 45.1 Å². The molecule has 148 valence electrons. The fraction of sp³-hybridized carbons (Fsp3) is 0.350. The smallest absolute Gasteiger partial charge is 0.254 e. The maximum absolute atomic E-state index is 12.5. The van der Waals surface area contributed by atoms with E-state index in [1.54, 1.807) is 23.5 Å². The molecule has 1 aliphatic carbocycles. The summed E-state index contributed by atoms with van der Waals surface area (Å²) in [5.41, 5.74) is 1.58. The van der Waals surface area contributed by atoms with Gasteiger partial charge in [0.2, 0.25) is 0 Å². The van der Waals surface area contributed by atoms with Crippen molar-refractivity contribution in [2.24, 2.45) is 0 Å². The average molecular weight is 425 g/mol. The molecule has 9 heteroatoms. The lowest BCUT2D eigenvalue weighted by atomic mass is 9.99. The topological polar surface area (TPSA) is 104 Å². The fourth-order valence-electron chi connectivity index (χ4n) is 3.45. The lowest BCUT2D eigenvalue weighted by molar-refractivity contribution is 0.0920. The van der Waals surface area contributed by atoms with Gasteiger partial charge >= 0.3 is 0 Å². The zero-order chi connectivity index (χ0) is 20.4. The number of rotatable bonds is 5. The number of thiazole rings is 2. The molecule has 4 rings (SSSR count). The van der Waals surface area contributed by atoms with E-state index in [2.05, 4.69) is 31.7 Å². The summed E-state index contributed by atoms with van der Waals surface area (Å²) >= 11 is 3.12. The number of nitrogens with zero attached hydrogens (tertiary/aromatic N) is 4. The molecule has 1 amide bonds. The Morgan fingerprint density at radius 1 is 1.24 bits per heavy atom. The number of amides is 1. The predicted octanol–water partition coefficient (Wildman–Crippen LogP) is 4.59. The van der Waals surface area contributed by atoms with Crippen molar-refractivity contribution in [3.63, 3.8) is 0 Å². The van der Waals surface area contributed by atoms with Crippen LogP contribution in [0.5, 0.6) is 0 Å². The first kappa shape index (κ1) is 19.5. The van der Waals surface area contributed by atoms with Gasteiger partial charge in [0.05, 0.1) is 32.9 Å². The normalized spacial score (nSPS) is 15.1. The van der Waals surface area contributed by atoms with Crippen LogP contribution in [0.4, 0.5) is 10.9 Å². The van der Waals surface area contributed by atoms with Crippen molar-refractivity contribution >= 4 is 39.5 Å². The Kier molecular flexibility index (Phi) is 5.30. The molecule has 1 aliphatic rings. The van der Waals surface area contributed by atoms with Gasteiger partial charge in [-0.1, -0.05) is 0 Å². The van der Waals surface area contributed by atoms with Crippen LogP contribution in [0.3, 0.4) is 0 Å². The molecular weight excluding hydrogens is 404 g/mol. The minimum atomic E-state index is -0.738. The SMILES string of the molecule is Cc1nc(C)c(-c2csc(Nc3ccc(C(=O)NC4(C#N)CCCC4)cn3)n2)s1. The van der Waals surface area contributed by atoms with Crippen LogP contribution in [0.25, 0.3) is 10.6 Å². The summed E-state index contributed by atoms with van der Waals surface area (Å²) < 4.78 is 0. The van der Waals surface area contributed by atoms with Crippen LogP contribution in [0.2, 0.25) is 0 Å². The Labute approximate surface area is 176 Å². The maximum Gasteiger partial charge on any atom is 0.254 e. The highest BCUT2D eigenvalue weighted by molar-refractivity contribution is 7.16. The third-order valence-electron chi connectivity index (χ3n) is 4.92. The van der Waals surface area contributed by atoms with E-state index in [0.29, 0.717) is 24.2 Å². The van der Waals surface area contributed by atoms with Crippen molar-refractivity contribution in [1.82, 2.24) is 20.3 Å². The molecule has 1 saturated carbocycles. The number of carbonyl (C=O) groups is 1. The molecule has 7 nitrogen and oxygen atoms in total. The third-order valence-corrected chi connectivity index (χ3v) is 6.78. The second-order valence-electron chi connectivity index (χ2n) is 7.10. The van der Waals surface area contributed by atoms with Crippen LogP contribution in [0.1, 0.15) is 46.7 Å². The molecule has 1 fully saturated rings. The van der Waals surface area contributed by atoms with Crippen LogP contribution in [-0.4, -0.2) is 26.4 Å². The predicted molar refractivity (Wildman–Crippen MR) is 114 cm³/mol. The highest BCUT2D eigenvalue weighted by Crippen LogP contribution is 2.33. The molecule has 3 aromatic rings. The number of hydrogen-bond donors (Lipinski definition) is 2. The van der Waals surface area contributed by atoms with Crippen LogP contribution >= 0.6 is 22.7 Å². The number of aromatic nitrogens is 3. The first-order valence-electron chi connectivity index (χ1n) is 9.35. The summed E-state index contributed by atoms with van der Waals surface area (Å²) in [7, 11) is 0. The fourth-order valence-corrected chi connectivity index (χ4v) is 5.11. The number of anilines is 2. The molecule has 2 N–H and O–H groups in total. The molecular formula is C20H20N6OS2. The molecule has 29 heavy (non-hydrogen) atoms. The van der Waals surface area contributed by atoms with E-state index in [9.17, 15) is 10.1 Å². The summed E-state index contributed by atoms with van der Waals surface area (Å²) in [6.45, 7) is 3.97. The Morgan fingerprint density at radius 3 is 2.66 bits per heavy atom. The van der Waals surface area contributed by atoms with Gasteiger partial charge in [-0.2, -0.15) is 5.26 Å². The Bertz CT molecular complexity index is 1070. The monoisotopic (exact) mass is 424 g/mol. The number of aryl methyl sites for hydroxylation is 2. The molecule has 3 aromatic heterocycles. The van der Waals surface area contributed by atoms with Crippen molar-refractivity contribution in [3.05, 3.63) is 40.0 Å². The van der Waals surface area contributed by atoms with Crippen molar-refractivity contribution in [3.8, 4) is 16.6 Å².